The van der Waals surface area contributed by atoms with Crippen LogP contribution in [0.1, 0.15) is 6.92 Å². The second kappa shape index (κ2) is 4.80. The third kappa shape index (κ3) is 2.73. The summed E-state index contributed by atoms with van der Waals surface area (Å²) >= 11 is 0. The van der Waals surface area contributed by atoms with Gasteiger partial charge in [-0.05, 0) is 20.0 Å². The van der Waals surface area contributed by atoms with Crippen LogP contribution in [0.25, 0.3) is 0 Å². The molecule has 0 aromatic carbocycles. The fourth-order valence-corrected chi connectivity index (χ4v) is 1.79. The molecule has 12 heavy (non-hydrogen) atoms. The third-order valence-corrected chi connectivity index (χ3v) is 2.48. The molecule has 3 nitrogen and oxygen atoms in total. The van der Waals surface area contributed by atoms with Crippen molar-refractivity contribution in [1.82, 2.24) is 15.5 Å². The van der Waals surface area contributed by atoms with Gasteiger partial charge in [-0.15, -0.1) is 0 Å². The highest BCUT2D eigenvalue weighted by molar-refractivity contribution is 4.81. The Morgan fingerprint density at radius 1 is 1.42 bits per heavy atom. The van der Waals surface area contributed by atoms with Gasteiger partial charge in [0.2, 0.25) is 0 Å². The molecule has 0 aliphatic carbocycles. The molecule has 1 aliphatic heterocycles. The number of hydrogen-bond donors (Lipinski definition) is 2. The van der Waals surface area contributed by atoms with Crippen LogP contribution in [0.3, 0.4) is 0 Å². The minimum Gasteiger partial charge on any atom is -0.318 e. The van der Waals surface area contributed by atoms with Crippen LogP contribution in [0.4, 0.5) is 0 Å². The van der Waals surface area contributed by atoms with Gasteiger partial charge < -0.3 is 15.5 Å². The normalized spacial score (nSPS) is 22.2. The highest BCUT2D eigenvalue weighted by Crippen LogP contribution is 2.13. The van der Waals surface area contributed by atoms with E-state index < -0.39 is 0 Å². The maximum absolute atomic E-state index is 3.31. The summed E-state index contributed by atoms with van der Waals surface area (Å²) < 4.78 is 0. The van der Waals surface area contributed by atoms with Crippen LogP contribution in [0.5, 0.6) is 0 Å². The number of nitrogens with zero attached hydrogens (tertiary/aromatic N) is 1. The van der Waals surface area contributed by atoms with Crippen LogP contribution in [0.2, 0.25) is 0 Å². The van der Waals surface area contributed by atoms with Gasteiger partial charge in [-0.3, -0.25) is 0 Å². The molecule has 1 saturated heterocycles. The van der Waals surface area contributed by atoms with Crippen LogP contribution in [-0.2, 0) is 0 Å². The van der Waals surface area contributed by atoms with Gasteiger partial charge in [0, 0.05) is 32.2 Å². The molecule has 0 aromatic heterocycles. The highest BCUT2D eigenvalue weighted by atomic mass is 15.2. The van der Waals surface area contributed by atoms with Gasteiger partial charge in [-0.2, -0.15) is 0 Å². The minimum atomic E-state index is 0.600. The summed E-state index contributed by atoms with van der Waals surface area (Å²) in [5.74, 6) is 0.914. The molecule has 1 aliphatic rings. The number of hydrogen-bond acceptors (Lipinski definition) is 3. The zero-order valence-corrected chi connectivity index (χ0v) is 8.43. The third-order valence-electron chi connectivity index (χ3n) is 2.48. The smallest absolute Gasteiger partial charge is 0.0317 e. The molecule has 1 unspecified atom stereocenters. The van der Waals surface area contributed by atoms with Crippen molar-refractivity contribution in [3.8, 4) is 0 Å². The number of likely N-dealkylation sites (tertiary alicyclic amines) is 1. The van der Waals surface area contributed by atoms with Crippen molar-refractivity contribution in [2.45, 2.75) is 13.0 Å². The largest absolute Gasteiger partial charge is 0.318 e. The first kappa shape index (κ1) is 9.96. The molecule has 1 atom stereocenters. The first-order valence-electron chi connectivity index (χ1n) is 4.80. The van der Waals surface area contributed by atoms with Gasteiger partial charge in [-0.1, -0.05) is 6.92 Å². The zero-order valence-electron chi connectivity index (χ0n) is 8.43. The second-order valence-corrected chi connectivity index (χ2v) is 3.87. The Balaban J connectivity index is 2.10. The lowest BCUT2D eigenvalue weighted by atomic mass is 10.0. The van der Waals surface area contributed by atoms with Crippen LogP contribution in [0, 0.1) is 5.92 Å². The lowest BCUT2D eigenvalue weighted by Crippen LogP contribution is -2.52. The number of nitrogens with one attached hydrogen (secondary N) is 2. The monoisotopic (exact) mass is 171 g/mol. The Morgan fingerprint density at radius 3 is 2.50 bits per heavy atom. The number of likely N-dealkylation sites (N-methyl/N-ethyl adjacent to an activating group) is 2. The summed E-state index contributed by atoms with van der Waals surface area (Å²) in [5.41, 5.74) is 0. The maximum atomic E-state index is 3.31. The standard InChI is InChI=1S/C9H21N3/c1-8-5-12(6-8)7-9(11-3)4-10-2/h8-11H,4-7H2,1-3H3. The van der Waals surface area contributed by atoms with E-state index in [4.69, 9.17) is 0 Å². The molecule has 1 heterocycles. The molecule has 0 saturated carbocycles. The second-order valence-electron chi connectivity index (χ2n) is 3.87. The van der Waals surface area contributed by atoms with E-state index in [1.54, 1.807) is 0 Å². The number of rotatable bonds is 5. The van der Waals surface area contributed by atoms with E-state index in [0.717, 1.165) is 12.5 Å². The Hall–Kier alpha value is -0.120. The molecule has 0 aromatic rings. The van der Waals surface area contributed by atoms with Gasteiger partial charge >= 0.3 is 0 Å². The summed E-state index contributed by atoms with van der Waals surface area (Å²) in [5, 5.41) is 6.51. The Labute approximate surface area is 75.5 Å². The summed E-state index contributed by atoms with van der Waals surface area (Å²) in [6.45, 7) is 7.11. The molecule has 1 rings (SSSR count). The molecule has 0 radical (unpaired) electrons. The molecule has 1 fully saturated rings. The summed E-state index contributed by atoms with van der Waals surface area (Å²) in [7, 11) is 4.04. The molecule has 0 amide bonds. The van der Waals surface area contributed by atoms with E-state index in [-0.39, 0.29) is 0 Å². The molecular formula is C9H21N3. The van der Waals surface area contributed by atoms with E-state index in [1.165, 1.54) is 19.6 Å². The molecule has 0 spiro atoms. The average Bonchev–Trinajstić information content (AvgIpc) is 2.00. The summed E-state index contributed by atoms with van der Waals surface area (Å²) in [6, 6.07) is 0.600. The quantitative estimate of drug-likeness (QED) is 0.597. The SMILES string of the molecule is CNCC(CN1CC(C)C1)NC. The molecule has 2 N–H and O–H groups in total. The maximum Gasteiger partial charge on any atom is 0.0317 e. The van der Waals surface area contributed by atoms with Crippen molar-refractivity contribution in [2.24, 2.45) is 5.92 Å². The molecule has 3 heteroatoms. The van der Waals surface area contributed by atoms with Crippen molar-refractivity contribution in [3.05, 3.63) is 0 Å². The van der Waals surface area contributed by atoms with Crippen molar-refractivity contribution in [1.29, 1.82) is 0 Å². The molecular weight excluding hydrogens is 150 g/mol. The van der Waals surface area contributed by atoms with Gasteiger partial charge in [0.1, 0.15) is 0 Å². The first-order chi connectivity index (χ1) is 5.76. The van der Waals surface area contributed by atoms with Crippen LogP contribution >= 0.6 is 0 Å². The summed E-state index contributed by atoms with van der Waals surface area (Å²) in [4.78, 5) is 2.50. The van der Waals surface area contributed by atoms with Crippen LogP contribution < -0.4 is 10.6 Å². The first-order valence-corrected chi connectivity index (χ1v) is 4.80. The van der Waals surface area contributed by atoms with Gasteiger partial charge in [0.15, 0.2) is 0 Å². The van der Waals surface area contributed by atoms with Crippen molar-refractivity contribution < 1.29 is 0 Å². The van der Waals surface area contributed by atoms with Gasteiger partial charge in [-0.25, -0.2) is 0 Å². The van der Waals surface area contributed by atoms with Crippen molar-refractivity contribution >= 4 is 0 Å². The van der Waals surface area contributed by atoms with E-state index in [9.17, 15) is 0 Å². The topological polar surface area (TPSA) is 27.3 Å². The Morgan fingerprint density at radius 2 is 2.08 bits per heavy atom. The molecule has 72 valence electrons. The molecule has 0 bridgehead atoms. The van der Waals surface area contributed by atoms with E-state index in [0.29, 0.717) is 6.04 Å². The predicted molar refractivity (Wildman–Crippen MR) is 52.4 cm³/mol. The fraction of sp³-hybridized carbons (Fsp3) is 1.00. The Kier molecular flexibility index (Phi) is 3.98. The predicted octanol–water partition coefficient (Wildman–Crippen LogP) is -0.254. The highest BCUT2D eigenvalue weighted by Gasteiger charge is 2.23. The average molecular weight is 171 g/mol. The summed E-state index contributed by atoms with van der Waals surface area (Å²) in [6.07, 6.45) is 0. The van der Waals surface area contributed by atoms with Crippen LogP contribution in [-0.4, -0.2) is 51.2 Å². The van der Waals surface area contributed by atoms with E-state index in [2.05, 4.69) is 22.5 Å². The Bertz CT molecular complexity index is 121. The van der Waals surface area contributed by atoms with E-state index >= 15 is 0 Å². The lowest BCUT2D eigenvalue weighted by molar-refractivity contribution is 0.101. The van der Waals surface area contributed by atoms with Gasteiger partial charge in [0.05, 0.1) is 0 Å². The minimum absolute atomic E-state index is 0.600. The van der Waals surface area contributed by atoms with Crippen LogP contribution in [0.15, 0.2) is 0 Å². The zero-order chi connectivity index (χ0) is 8.97. The van der Waals surface area contributed by atoms with E-state index in [1.807, 2.05) is 14.1 Å². The lowest BCUT2D eigenvalue weighted by Gasteiger charge is -2.39. The van der Waals surface area contributed by atoms with Gasteiger partial charge in [0.25, 0.3) is 0 Å². The van der Waals surface area contributed by atoms with Crippen molar-refractivity contribution in [2.75, 3.05) is 40.3 Å². The van der Waals surface area contributed by atoms with Crippen molar-refractivity contribution in [3.63, 3.8) is 0 Å². The fourth-order valence-electron chi connectivity index (χ4n) is 1.79.